The first kappa shape index (κ1) is 23.0. The second kappa shape index (κ2) is 10.7. The van der Waals surface area contributed by atoms with Gasteiger partial charge >= 0.3 is 6.01 Å². The van der Waals surface area contributed by atoms with Gasteiger partial charge in [-0.05, 0) is 29.8 Å². The molecule has 0 radical (unpaired) electrons. The summed E-state index contributed by atoms with van der Waals surface area (Å²) in [6, 6.07) is 19.5. The molecule has 0 saturated heterocycles. The smallest absolute Gasteiger partial charge is 0.320 e. The van der Waals surface area contributed by atoms with Gasteiger partial charge in [0, 0.05) is 24.5 Å². The van der Waals surface area contributed by atoms with Gasteiger partial charge in [0.15, 0.2) is 17.3 Å². The number of nitrogens with zero attached hydrogens (tertiary/aromatic N) is 4. The van der Waals surface area contributed by atoms with Crippen LogP contribution in [0.25, 0.3) is 11.5 Å². The van der Waals surface area contributed by atoms with Crippen molar-refractivity contribution >= 4 is 17.5 Å². The van der Waals surface area contributed by atoms with Gasteiger partial charge in [0.25, 0.3) is 5.89 Å². The lowest BCUT2D eigenvalue weighted by atomic mass is 10.2. The van der Waals surface area contributed by atoms with Gasteiger partial charge in [-0.1, -0.05) is 35.4 Å². The Morgan fingerprint density at radius 1 is 0.944 bits per heavy atom. The molecule has 0 fully saturated rings. The zero-order chi connectivity index (χ0) is 24.7. The fourth-order valence-corrected chi connectivity index (χ4v) is 3.79. The number of rotatable bonds is 10. The normalized spacial score (nSPS) is 12.3. The van der Waals surface area contributed by atoms with Crippen LogP contribution in [0, 0.1) is 0 Å². The Bertz CT molecular complexity index is 1340. The van der Waals surface area contributed by atoms with Crippen molar-refractivity contribution in [1.29, 1.82) is 0 Å². The molecule has 1 aliphatic rings. The molecule has 1 aliphatic heterocycles. The van der Waals surface area contributed by atoms with Crippen LogP contribution >= 0.6 is 0 Å². The lowest BCUT2D eigenvalue weighted by Crippen LogP contribution is -2.27. The number of ether oxygens (including phenoxy) is 4. The molecule has 0 amide bonds. The number of aromatic nitrogens is 3. The molecule has 184 valence electrons. The SMILES string of the molecule is COc1ccc(Nc2nnc(-c3cccnc3N(CC3=COCO3)Cc3ccccc3)o2)cc1OC. The Morgan fingerprint density at radius 2 is 1.81 bits per heavy atom. The summed E-state index contributed by atoms with van der Waals surface area (Å²) in [5.41, 5.74) is 2.53. The molecule has 5 rings (SSSR count). The molecule has 0 bridgehead atoms. The van der Waals surface area contributed by atoms with Crippen molar-refractivity contribution in [2.75, 3.05) is 37.8 Å². The molecule has 3 heterocycles. The van der Waals surface area contributed by atoms with E-state index in [2.05, 4.69) is 37.5 Å². The van der Waals surface area contributed by atoms with Crippen LogP contribution in [0.1, 0.15) is 5.56 Å². The van der Waals surface area contributed by atoms with Crippen LogP contribution in [0.15, 0.2) is 83.3 Å². The van der Waals surface area contributed by atoms with Gasteiger partial charge in [-0.2, -0.15) is 0 Å². The van der Waals surface area contributed by atoms with E-state index in [4.69, 9.17) is 23.4 Å². The minimum Gasteiger partial charge on any atom is -0.493 e. The van der Waals surface area contributed by atoms with E-state index in [9.17, 15) is 0 Å². The van der Waals surface area contributed by atoms with E-state index < -0.39 is 0 Å². The van der Waals surface area contributed by atoms with Crippen molar-refractivity contribution in [2.45, 2.75) is 6.54 Å². The van der Waals surface area contributed by atoms with E-state index >= 15 is 0 Å². The van der Waals surface area contributed by atoms with Crippen molar-refractivity contribution in [3.8, 4) is 23.0 Å². The number of benzene rings is 2. The first-order chi connectivity index (χ1) is 17.7. The Hall–Kier alpha value is -4.73. The second-order valence-electron chi connectivity index (χ2n) is 7.84. The van der Waals surface area contributed by atoms with Crippen molar-refractivity contribution in [3.63, 3.8) is 0 Å². The molecule has 0 spiro atoms. The quantitative estimate of drug-likeness (QED) is 0.337. The lowest BCUT2D eigenvalue weighted by Gasteiger charge is -2.25. The van der Waals surface area contributed by atoms with Crippen LogP contribution < -0.4 is 19.7 Å². The van der Waals surface area contributed by atoms with Gasteiger partial charge < -0.3 is 33.6 Å². The number of hydrogen-bond acceptors (Lipinski definition) is 10. The molecule has 1 N–H and O–H groups in total. The summed E-state index contributed by atoms with van der Waals surface area (Å²) in [5, 5.41) is 11.6. The second-order valence-corrected chi connectivity index (χ2v) is 7.84. The minimum absolute atomic E-state index is 0.207. The molecule has 36 heavy (non-hydrogen) atoms. The van der Waals surface area contributed by atoms with Crippen LogP contribution in [0.2, 0.25) is 0 Å². The molecule has 0 aliphatic carbocycles. The minimum atomic E-state index is 0.207. The molecule has 10 heteroatoms. The van der Waals surface area contributed by atoms with E-state index in [1.54, 1.807) is 38.8 Å². The standard InChI is InChI=1S/C26H25N5O5/c1-32-22-11-10-19(13-23(22)33-2)28-26-30-29-25(36-26)21-9-6-12-27-24(21)31(15-20-16-34-17-35-20)14-18-7-4-3-5-8-18/h3-13,16H,14-15,17H2,1-2H3,(H,28,30). The van der Waals surface area contributed by atoms with Crippen molar-refractivity contribution < 1.29 is 23.4 Å². The third-order valence-corrected chi connectivity index (χ3v) is 5.47. The van der Waals surface area contributed by atoms with E-state index in [1.807, 2.05) is 36.4 Å². The predicted molar refractivity (Wildman–Crippen MR) is 133 cm³/mol. The van der Waals surface area contributed by atoms with Crippen LogP contribution in [-0.4, -0.2) is 42.7 Å². The summed E-state index contributed by atoms with van der Waals surface area (Å²) >= 11 is 0. The number of anilines is 3. The average molecular weight is 488 g/mol. The topological polar surface area (TPSA) is 104 Å². The van der Waals surface area contributed by atoms with Gasteiger partial charge in [0.05, 0.1) is 26.3 Å². The van der Waals surface area contributed by atoms with Crippen molar-refractivity contribution in [2.24, 2.45) is 0 Å². The van der Waals surface area contributed by atoms with Gasteiger partial charge in [-0.3, -0.25) is 0 Å². The monoisotopic (exact) mass is 487 g/mol. The third-order valence-electron chi connectivity index (χ3n) is 5.47. The van der Waals surface area contributed by atoms with E-state index in [-0.39, 0.29) is 12.8 Å². The first-order valence-corrected chi connectivity index (χ1v) is 11.2. The summed E-state index contributed by atoms with van der Waals surface area (Å²) in [5.74, 6) is 2.93. The molecule has 10 nitrogen and oxygen atoms in total. The summed E-state index contributed by atoms with van der Waals surface area (Å²) in [7, 11) is 3.17. The highest BCUT2D eigenvalue weighted by molar-refractivity contribution is 5.70. The van der Waals surface area contributed by atoms with Gasteiger partial charge in [-0.15, -0.1) is 5.10 Å². The Labute approximate surface area is 208 Å². The molecule has 0 unspecified atom stereocenters. The fourth-order valence-electron chi connectivity index (χ4n) is 3.79. The molecule has 4 aromatic rings. The predicted octanol–water partition coefficient (Wildman–Crippen LogP) is 4.74. The lowest BCUT2D eigenvalue weighted by molar-refractivity contribution is 0.0797. The fraction of sp³-hybridized carbons (Fsp3) is 0.192. The Balaban J connectivity index is 1.43. The summed E-state index contributed by atoms with van der Waals surface area (Å²) in [6.45, 7) is 1.26. The van der Waals surface area contributed by atoms with E-state index in [0.717, 1.165) is 5.56 Å². The van der Waals surface area contributed by atoms with Crippen LogP contribution in [0.3, 0.4) is 0 Å². The maximum Gasteiger partial charge on any atom is 0.320 e. The van der Waals surface area contributed by atoms with Gasteiger partial charge in [0.2, 0.25) is 6.79 Å². The average Bonchev–Trinajstić information content (AvgIpc) is 3.61. The molecule has 0 saturated carbocycles. The summed E-state index contributed by atoms with van der Waals surface area (Å²) < 4.78 is 27.5. The maximum absolute atomic E-state index is 5.97. The highest BCUT2D eigenvalue weighted by Crippen LogP contribution is 2.33. The van der Waals surface area contributed by atoms with Crippen LogP contribution in [0.4, 0.5) is 17.5 Å². The number of hydrogen-bond donors (Lipinski definition) is 1. The highest BCUT2D eigenvalue weighted by Gasteiger charge is 2.22. The number of pyridine rings is 1. The zero-order valence-corrected chi connectivity index (χ0v) is 19.9. The highest BCUT2D eigenvalue weighted by atomic mass is 16.7. The van der Waals surface area contributed by atoms with Crippen LogP contribution in [-0.2, 0) is 16.0 Å². The number of nitrogens with one attached hydrogen (secondary N) is 1. The Morgan fingerprint density at radius 3 is 2.58 bits per heavy atom. The molecule has 2 aromatic heterocycles. The van der Waals surface area contributed by atoms with Gasteiger partial charge in [-0.25, -0.2) is 4.98 Å². The van der Waals surface area contributed by atoms with Gasteiger partial charge in [0.1, 0.15) is 12.1 Å². The molecule has 2 aromatic carbocycles. The van der Waals surface area contributed by atoms with Crippen molar-refractivity contribution in [1.82, 2.24) is 15.2 Å². The summed E-state index contributed by atoms with van der Waals surface area (Å²) in [4.78, 5) is 6.73. The van der Waals surface area contributed by atoms with E-state index in [1.165, 1.54) is 0 Å². The maximum atomic E-state index is 5.97. The zero-order valence-electron chi connectivity index (χ0n) is 19.9. The van der Waals surface area contributed by atoms with Crippen molar-refractivity contribution in [3.05, 3.63) is 84.4 Å². The number of methoxy groups -OCH3 is 2. The van der Waals surface area contributed by atoms with E-state index in [0.29, 0.717) is 53.3 Å². The molecular weight excluding hydrogens is 462 g/mol. The third kappa shape index (κ3) is 5.17. The van der Waals surface area contributed by atoms with Crippen LogP contribution in [0.5, 0.6) is 11.5 Å². The summed E-state index contributed by atoms with van der Waals surface area (Å²) in [6.07, 6.45) is 3.36. The first-order valence-electron chi connectivity index (χ1n) is 11.2. The molecule has 0 atom stereocenters. The Kier molecular flexibility index (Phi) is 6.83. The largest absolute Gasteiger partial charge is 0.493 e. The molecular formula is C26H25N5O5.